The van der Waals surface area contributed by atoms with E-state index in [1.54, 1.807) is 5.38 Å². The quantitative estimate of drug-likeness (QED) is 0.00739. The van der Waals surface area contributed by atoms with Crippen LogP contribution in [0.4, 0.5) is 46.7 Å². The average Bonchev–Trinajstić information content (AvgIpc) is 1.48. The molecule has 8 rings (SSSR count). The number of pyridine rings is 4. The molecule has 24 nitrogen and oxygen atoms in total. The molecule has 0 unspecified atom stereocenters. The van der Waals surface area contributed by atoms with E-state index in [2.05, 4.69) is 140 Å². The van der Waals surface area contributed by atoms with Crippen LogP contribution in [0.3, 0.4) is 0 Å². The van der Waals surface area contributed by atoms with Crippen molar-refractivity contribution in [1.82, 2.24) is 24.9 Å². The molecule has 0 saturated carbocycles. The van der Waals surface area contributed by atoms with E-state index in [1.807, 2.05) is 12.1 Å². The monoisotopic (exact) mass is 1650 g/mol. The first-order chi connectivity index (χ1) is 46.0. The summed E-state index contributed by atoms with van der Waals surface area (Å²) in [4.78, 5) is 80.4. The number of nitro groups is 4. The van der Waals surface area contributed by atoms with Gasteiger partial charge in [-0.25, -0.2) is 4.98 Å². The van der Waals surface area contributed by atoms with Gasteiger partial charge in [0.2, 0.25) is 0 Å². The summed E-state index contributed by atoms with van der Waals surface area (Å²) in [6.45, 7) is 19.6. The van der Waals surface area contributed by atoms with E-state index < -0.39 is 49.8 Å². The Labute approximate surface area is 605 Å². The number of benzene rings is 2. The third kappa shape index (κ3) is 37.5. The second-order valence-corrected chi connectivity index (χ2v) is 36.8. The fourth-order valence-electron chi connectivity index (χ4n) is 8.21. The number of hydrogen-bond donors (Lipinski definition) is 3. The Kier molecular flexibility index (Phi) is 47.0. The van der Waals surface area contributed by atoms with Gasteiger partial charge in [-0.2, -0.15) is 13.2 Å². The van der Waals surface area contributed by atoms with Crippen LogP contribution in [0.2, 0.25) is 13.3 Å². The number of nitrogens with zero attached hydrogens (tertiary/aromatic N) is 10. The van der Waals surface area contributed by atoms with Crippen molar-refractivity contribution in [2.24, 2.45) is 10.0 Å². The number of thiazole rings is 1. The van der Waals surface area contributed by atoms with Gasteiger partial charge in [-0.3, -0.25) is 70.0 Å². The minimum atomic E-state index is -4.43. The number of unbranched alkanes of at least 4 members (excludes halogenated alkanes) is 3. The molecule has 1 fully saturated rings. The summed E-state index contributed by atoms with van der Waals surface area (Å²) >= 11 is 12.9. The van der Waals surface area contributed by atoms with Gasteiger partial charge in [-0.15, -0.1) is 11.3 Å². The van der Waals surface area contributed by atoms with Crippen molar-refractivity contribution < 1.29 is 51.9 Å². The maximum absolute atomic E-state index is 12.7. The SMILES string of the molecule is C.C1CCOC1.C=[C](OCC)[Sn]([CH2]CCC)([CH2]CCC)[CH2]CCC.CC(=O)c1cncc([N+](=O)[O-])c1.Cc1cccc(CC(N)=S)c1.O=C(CBr)c1cncc([N+](=O)[O-])c1.O=[N+]([O-])c1cncc(-c2csc(Nc3cccc(C(F)(F)F)c3)n2)c1.O=[N+]([O-])c1cncc(Br)c1.[B]=NS. The summed E-state index contributed by atoms with van der Waals surface area (Å²) in [7, 11) is 4.34. The van der Waals surface area contributed by atoms with Crippen LogP contribution < -0.4 is 11.1 Å². The summed E-state index contributed by atoms with van der Waals surface area (Å²) in [5.41, 5.74) is 8.19. The van der Waals surface area contributed by atoms with Gasteiger partial charge in [-0.1, -0.05) is 71.5 Å². The number of carbonyl (C=O) groups is 2. The molecule has 529 valence electrons. The molecule has 1 aliphatic heterocycles. The summed E-state index contributed by atoms with van der Waals surface area (Å²) in [5.74, 6) is -0.456. The van der Waals surface area contributed by atoms with E-state index in [4.69, 9.17) is 27.4 Å². The second-order valence-electron chi connectivity index (χ2n) is 20.6. The number of aromatic nitrogens is 5. The summed E-state index contributed by atoms with van der Waals surface area (Å²) in [6.07, 6.45) is 17.0. The Morgan fingerprint density at radius 3 is 1.68 bits per heavy atom. The van der Waals surface area contributed by atoms with Gasteiger partial charge >= 0.3 is 151 Å². The number of ketones is 2. The molecule has 0 atom stereocenters. The van der Waals surface area contributed by atoms with Gasteiger partial charge in [0.05, 0.1) is 41.3 Å². The molecule has 6 heterocycles. The fraction of sp³-hybridized carbons (Fsp3) is 0.375. The molecule has 0 spiro atoms. The Bertz CT molecular complexity index is 3590. The number of rotatable bonds is 24. The van der Waals surface area contributed by atoms with Gasteiger partial charge in [0.25, 0.3) is 22.7 Å². The van der Waals surface area contributed by atoms with Crippen LogP contribution in [0.25, 0.3) is 11.3 Å². The van der Waals surface area contributed by atoms with Gasteiger partial charge < -0.3 is 15.8 Å². The van der Waals surface area contributed by atoms with E-state index >= 15 is 0 Å². The molecule has 1 saturated heterocycles. The molecule has 5 aromatic heterocycles. The van der Waals surface area contributed by atoms with Crippen LogP contribution in [0, 0.1) is 47.4 Å². The molecule has 2 aromatic carbocycles. The van der Waals surface area contributed by atoms with Crippen LogP contribution in [-0.2, 0) is 22.1 Å². The Balaban J connectivity index is 0.00000115. The number of alkyl halides is 4. The first kappa shape index (κ1) is 90.6. The van der Waals surface area contributed by atoms with Crippen LogP contribution in [0.1, 0.15) is 131 Å². The number of carbonyl (C=O) groups excluding carboxylic acids is 2. The number of nitrogens with two attached hydrogens (primary N) is 1. The standard InChI is InChI=1S/C15H9F3N4O2S.C9H11NS.C7H5BrN2O3.C7H6N2O3.C5H3BrN2O2.C4H8O.C4H7O.3C4H9.CH4.BHNS.Sn/c16-15(17,18)10-2-1-3-11(5-10)20-14-21-13(8-25-14)9-4-12(22(23)24)7-19-6-9;1-7-3-2-4-8(5-7)6-9(10)11;8-2-7(11)5-1-6(10(12)13)4-9-3-5;1-5(10)6-2-7(9(11)12)4-8-3-6;6-4-1-5(8(9)10)3-7-2-4;1-2-4-5-3-1;1-3-5-4-2;3*1-3-4-2;;1-2-3;/h1-8H,(H,20,21);2-5H,6H2,1H3,(H2,10,11);1,3-4H,2H2;2-4H,1H3;1-3H;1-4H2;1,4H2,2H3;3*1,3-4H2,2H3;1H4;3H;. The molecule has 0 bridgehead atoms. The number of Topliss-reactive ketones (excluding diaryl/α,β-unsaturated/α-hetero) is 2. The number of ether oxygens (including phenoxy) is 2. The maximum atomic E-state index is 12.7. The molecule has 1 radical (unpaired) electrons. The zero-order valence-electron chi connectivity index (χ0n) is 54.3. The van der Waals surface area contributed by atoms with Crippen molar-refractivity contribution in [2.45, 2.75) is 126 Å². The number of hydrogen-bond acceptors (Lipinski definition) is 22. The molecule has 34 heteroatoms. The molecular formula is C64H81BBr2F3N12O12S3Sn. The molecule has 0 amide bonds. The van der Waals surface area contributed by atoms with Crippen LogP contribution in [-0.4, -0.2) is 112 Å². The van der Waals surface area contributed by atoms with Crippen molar-refractivity contribution in [3.05, 3.63) is 211 Å². The Morgan fingerprint density at radius 2 is 1.26 bits per heavy atom. The van der Waals surface area contributed by atoms with Gasteiger partial charge in [0.1, 0.15) is 24.8 Å². The van der Waals surface area contributed by atoms with Crippen LogP contribution in [0.5, 0.6) is 0 Å². The van der Waals surface area contributed by atoms with Crippen molar-refractivity contribution in [3.8, 4) is 11.3 Å². The third-order valence-electron chi connectivity index (χ3n) is 13.0. The number of aryl methyl sites for hydroxylation is 1. The van der Waals surface area contributed by atoms with Gasteiger partial charge in [0, 0.05) is 101 Å². The van der Waals surface area contributed by atoms with E-state index in [1.165, 1.54) is 165 Å². The molecule has 3 N–H and O–H groups in total. The minimum absolute atomic E-state index is 0. The first-order valence-electron chi connectivity index (χ1n) is 29.9. The second kappa shape index (κ2) is 50.8. The van der Waals surface area contributed by atoms with Crippen molar-refractivity contribution >= 4 is 144 Å². The molecule has 98 heavy (non-hydrogen) atoms. The van der Waals surface area contributed by atoms with Crippen molar-refractivity contribution in [1.29, 1.82) is 0 Å². The van der Waals surface area contributed by atoms with Crippen molar-refractivity contribution in [2.75, 3.05) is 30.5 Å². The number of halogens is 5. The van der Waals surface area contributed by atoms with Gasteiger partial charge in [-0.05, 0) is 66.4 Å². The van der Waals surface area contributed by atoms with E-state index in [0.29, 0.717) is 32.3 Å². The fourth-order valence-corrected chi connectivity index (χ4v) is 24.4. The number of thiocarbonyl (C=S) groups is 1. The topological polar surface area (TPSA) is 340 Å². The summed E-state index contributed by atoms with van der Waals surface area (Å²) in [5, 5.41) is 46.4. The van der Waals surface area contributed by atoms with Crippen LogP contribution >= 0.6 is 68.2 Å². The van der Waals surface area contributed by atoms with E-state index in [0.717, 1.165) is 50.5 Å². The molecule has 7 aromatic rings. The molecule has 1 aliphatic rings. The van der Waals surface area contributed by atoms with Crippen molar-refractivity contribution in [3.63, 3.8) is 0 Å². The summed E-state index contributed by atoms with van der Waals surface area (Å²) < 4.78 is 58.0. The summed E-state index contributed by atoms with van der Waals surface area (Å²) in [6, 6.07) is 18.1. The zero-order chi connectivity index (χ0) is 72.9. The number of nitrogens with one attached hydrogen (secondary N) is 1. The Hall–Kier alpha value is -7.44. The Morgan fingerprint density at radius 1 is 0.776 bits per heavy atom. The number of anilines is 2. The average molecular weight is 1650 g/mol. The normalized spacial score (nSPS) is 10.8. The first-order valence-corrected chi connectivity index (χ1v) is 40.9. The predicted molar refractivity (Wildman–Crippen MR) is 397 cm³/mol. The molecular weight excluding hydrogens is 1570 g/mol. The van der Waals surface area contributed by atoms with E-state index in [9.17, 15) is 63.2 Å². The predicted octanol–water partition coefficient (Wildman–Crippen LogP) is 18.8. The van der Waals surface area contributed by atoms with E-state index in [-0.39, 0.29) is 63.9 Å². The van der Waals surface area contributed by atoms with Crippen LogP contribution in [0.15, 0.2) is 147 Å². The third-order valence-corrected chi connectivity index (χ3v) is 29.9. The van der Waals surface area contributed by atoms with Gasteiger partial charge in [0.15, 0.2) is 16.7 Å². The zero-order valence-corrected chi connectivity index (χ0v) is 62.9. The number of thiol groups is 1. The molecule has 0 aliphatic carbocycles.